The van der Waals surface area contributed by atoms with E-state index in [1.807, 2.05) is 42.5 Å². The van der Waals surface area contributed by atoms with Gasteiger partial charge in [-0.05, 0) is 23.8 Å². The molecule has 3 saturated heterocycles. The maximum absolute atomic E-state index is 6.08. The summed E-state index contributed by atoms with van der Waals surface area (Å²) < 4.78 is 33.4. The number of epoxide rings is 3. The molecule has 0 N–H and O–H groups in total. The van der Waals surface area contributed by atoms with Crippen LogP contribution in [0.2, 0.25) is 0 Å². The molecule has 3 heterocycles. The molecule has 3 aliphatic heterocycles. The molecule has 3 aliphatic rings. The molecule has 3 unspecified atom stereocenters. The van der Waals surface area contributed by atoms with Crippen LogP contribution >= 0.6 is 0 Å². The largest absolute Gasteiger partial charge is 0.491 e. The summed E-state index contributed by atoms with van der Waals surface area (Å²) in [6, 6.07) is 14.0. The summed E-state index contributed by atoms with van der Waals surface area (Å²) in [5.74, 6) is 2.31. The van der Waals surface area contributed by atoms with Gasteiger partial charge in [0.15, 0.2) is 11.5 Å². The van der Waals surface area contributed by atoms with Crippen molar-refractivity contribution in [1.29, 1.82) is 0 Å². The molecule has 6 heteroatoms. The van der Waals surface area contributed by atoms with Gasteiger partial charge in [0.05, 0.1) is 19.8 Å². The van der Waals surface area contributed by atoms with Crippen LogP contribution in [0, 0.1) is 0 Å². The monoisotopic (exact) mass is 370 g/mol. The molecule has 0 saturated carbocycles. The molecule has 27 heavy (non-hydrogen) atoms. The highest BCUT2D eigenvalue weighted by Gasteiger charge is 2.27. The average Bonchev–Trinajstić information content (AvgIpc) is 3.57. The van der Waals surface area contributed by atoms with Gasteiger partial charge in [0.2, 0.25) is 0 Å². The van der Waals surface area contributed by atoms with Crippen molar-refractivity contribution in [3.05, 3.63) is 42.5 Å². The van der Waals surface area contributed by atoms with Gasteiger partial charge in [-0.25, -0.2) is 0 Å². The third kappa shape index (κ3) is 4.53. The van der Waals surface area contributed by atoms with Crippen molar-refractivity contribution in [2.45, 2.75) is 18.3 Å². The standard InChI is InChI=1S/C21H22O6/c1-2-19(14-4-6-15(7-5-14)22-8-16-9-23-16)21(27-13-18-11-25-18)20(3-1)26-12-17-10-24-17/h1-7,16-18H,8-13H2. The summed E-state index contributed by atoms with van der Waals surface area (Å²) in [6.07, 6.45) is 0.622. The van der Waals surface area contributed by atoms with Crippen LogP contribution < -0.4 is 14.2 Å². The number of benzene rings is 2. The summed E-state index contributed by atoms with van der Waals surface area (Å²) in [5.41, 5.74) is 2.03. The zero-order chi connectivity index (χ0) is 18.1. The zero-order valence-electron chi connectivity index (χ0n) is 15.0. The van der Waals surface area contributed by atoms with E-state index in [1.54, 1.807) is 0 Å². The normalized spacial score (nSPS) is 25.0. The van der Waals surface area contributed by atoms with Crippen LogP contribution in [0.25, 0.3) is 11.1 Å². The van der Waals surface area contributed by atoms with E-state index in [2.05, 4.69) is 0 Å². The highest BCUT2D eigenvalue weighted by molar-refractivity contribution is 5.74. The molecule has 3 fully saturated rings. The van der Waals surface area contributed by atoms with Crippen molar-refractivity contribution in [1.82, 2.24) is 0 Å². The number of hydrogen-bond acceptors (Lipinski definition) is 6. The van der Waals surface area contributed by atoms with Crippen molar-refractivity contribution in [2.75, 3.05) is 39.6 Å². The molecule has 142 valence electrons. The molecule has 5 rings (SSSR count). The first-order valence-corrected chi connectivity index (χ1v) is 9.32. The Morgan fingerprint density at radius 2 is 1.30 bits per heavy atom. The lowest BCUT2D eigenvalue weighted by Gasteiger charge is -2.16. The predicted octanol–water partition coefficient (Wildman–Crippen LogP) is 2.69. The minimum Gasteiger partial charge on any atom is -0.491 e. The Bertz CT molecular complexity index is 778. The van der Waals surface area contributed by atoms with E-state index in [1.165, 1.54) is 0 Å². The van der Waals surface area contributed by atoms with Gasteiger partial charge in [-0.1, -0.05) is 24.3 Å². The predicted molar refractivity (Wildman–Crippen MR) is 97.6 cm³/mol. The van der Waals surface area contributed by atoms with Crippen molar-refractivity contribution in [3.63, 3.8) is 0 Å². The van der Waals surface area contributed by atoms with Crippen LogP contribution in [-0.2, 0) is 14.2 Å². The molecule has 0 aromatic heterocycles. The third-order valence-electron chi connectivity index (χ3n) is 4.63. The fraction of sp³-hybridized carbons (Fsp3) is 0.429. The van der Waals surface area contributed by atoms with Gasteiger partial charge in [-0.3, -0.25) is 0 Å². The molecular weight excluding hydrogens is 348 g/mol. The zero-order valence-corrected chi connectivity index (χ0v) is 15.0. The second kappa shape index (κ2) is 7.38. The molecule has 0 bridgehead atoms. The van der Waals surface area contributed by atoms with Crippen LogP contribution in [0.1, 0.15) is 0 Å². The van der Waals surface area contributed by atoms with E-state index in [4.69, 9.17) is 28.4 Å². The highest BCUT2D eigenvalue weighted by Crippen LogP contribution is 2.39. The lowest BCUT2D eigenvalue weighted by Crippen LogP contribution is -2.09. The van der Waals surface area contributed by atoms with Crippen LogP contribution in [-0.4, -0.2) is 58.0 Å². The summed E-state index contributed by atoms with van der Waals surface area (Å²) in [4.78, 5) is 0. The Morgan fingerprint density at radius 3 is 1.93 bits per heavy atom. The summed E-state index contributed by atoms with van der Waals surface area (Å²) in [6.45, 7) is 3.97. The smallest absolute Gasteiger partial charge is 0.169 e. The van der Waals surface area contributed by atoms with Gasteiger partial charge in [-0.2, -0.15) is 0 Å². The van der Waals surface area contributed by atoms with Crippen molar-refractivity contribution in [2.24, 2.45) is 0 Å². The Morgan fingerprint density at radius 1 is 0.704 bits per heavy atom. The molecule has 0 radical (unpaired) electrons. The second-order valence-electron chi connectivity index (χ2n) is 6.96. The number of rotatable bonds is 10. The van der Waals surface area contributed by atoms with Gasteiger partial charge in [0, 0.05) is 5.56 Å². The Labute approximate surface area is 157 Å². The van der Waals surface area contributed by atoms with E-state index >= 15 is 0 Å². The summed E-state index contributed by atoms with van der Waals surface area (Å²) >= 11 is 0. The number of hydrogen-bond donors (Lipinski definition) is 0. The minimum atomic E-state index is 0.179. The molecule has 0 amide bonds. The maximum Gasteiger partial charge on any atom is 0.169 e. The molecule has 2 aromatic rings. The quantitative estimate of drug-likeness (QED) is 0.599. The first-order valence-electron chi connectivity index (χ1n) is 9.32. The molecule has 0 spiro atoms. The lowest BCUT2D eigenvalue weighted by atomic mass is 10.0. The lowest BCUT2D eigenvalue weighted by molar-refractivity contribution is 0.229. The van der Waals surface area contributed by atoms with Crippen LogP contribution in [0.3, 0.4) is 0 Å². The van der Waals surface area contributed by atoms with E-state index in [0.29, 0.717) is 19.8 Å². The Hall–Kier alpha value is -2.28. The van der Waals surface area contributed by atoms with Gasteiger partial charge in [-0.15, -0.1) is 0 Å². The maximum atomic E-state index is 6.08. The van der Waals surface area contributed by atoms with E-state index < -0.39 is 0 Å². The molecular formula is C21H22O6. The number of para-hydroxylation sites is 1. The first-order chi connectivity index (χ1) is 13.3. The van der Waals surface area contributed by atoms with Crippen molar-refractivity contribution in [3.8, 4) is 28.4 Å². The Balaban J connectivity index is 1.35. The van der Waals surface area contributed by atoms with Crippen LogP contribution in [0.4, 0.5) is 0 Å². The molecule has 2 aromatic carbocycles. The van der Waals surface area contributed by atoms with Gasteiger partial charge in [0.25, 0.3) is 0 Å². The van der Waals surface area contributed by atoms with E-state index in [-0.39, 0.29) is 18.3 Å². The second-order valence-corrected chi connectivity index (χ2v) is 6.96. The van der Waals surface area contributed by atoms with Gasteiger partial charge >= 0.3 is 0 Å². The average molecular weight is 370 g/mol. The van der Waals surface area contributed by atoms with Crippen molar-refractivity contribution < 1.29 is 28.4 Å². The molecule has 6 nitrogen and oxygen atoms in total. The third-order valence-corrected chi connectivity index (χ3v) is 4.63. The van der Waals surface area contributed by atoms with E-state index in [9.17, 15) is 0 Å². The van der Waals surface area contributed by atoms with Crippen LogP contribution in [0.5, 0.6) is 17.2 Å². The summed E-state index contributed by atoms with van der Waals surface area (Å²) in [7, 11) is 0. The fourth-order valence-electron chi connectivity index (χ4n) is 2.78. The van der Waals surface area contributed by atoms with Crippen molar-refractivity contribution >= 4 is 0 Å². The van der Waals surface area contributed by atoms with Gasteiger partial charge < -0.3 is 28.4 Å². The number of ether oxygens (including phenoxy) is 6. The molecule has 3 atom stereocenters. The SMILES string of the molecule is c1cc(OCC2CO2)c(OCC2CO2)c(-c2ccc(OCC3CO3)cc2)c1. The first kappa shape index (κ1) is 16.9. The molecule has 0 aliphatic carbocycles. The minimum absolute atomic E-state index is 0.179. The highest BCUT2D eigenvalue weighted by atomic mass is 16.6. The topological polar surface area (TPSA) is 65.3 Å². The van der Waals surface area contributed by atoms with E-state index in [0.717, 1.165) is 48.2 Å². The summed E-state index contributed by atoms with van der Waals surface area (Å²) in [5, 5.41) is 0. The van der Waals surface area contributed by atoms with Crippen LogP contribution in [0.15, 0.2) is 42.5 Å². The Kier molecular flexibility index (Phi) is 4.61. The fourth-order valence-corrected chi connectivity index (χ4v) is 2.78. The van der Waals surface area contributed by atoms with Gasteiger partial charge in [0.1, 0.15) is 43.9 Å².